The minimum atomic E-state index is 0.759. The number of hydrogen-bond acceptors (Lipinski definition) is 0. The first kappa shape index (κ1) is 12.8. The van der Waals surface area contributed by atoms with Crippen LogP contribution in [0.4, 0.5) is 0 Å². The van der Waals surface area contributed by atoms with Gasteiger partial charge in [-0.05, 0) is 36.5 Å². The standard InChI is InChI=1S/C15H28/c1-5-12(2)6-9-14(4)15-10-7-13(3)8-11-15/h6,9,12-15H,5,7-8,10-11H2,1-4H3/b9-6-/t12?,13?,14-,15?/m1/s1. The summed E-state index contributed by atoms with van der Waals surface area (Å²) in [7, 11) is 0. The average Bonchev–Trinajstić information content (AvgIpc) is 2.26. The maximum atomic E-state index is 2.47. The van der Waals surface area contributed by atoms with E-state index in [0.29, 0.717) is 0 Å². The summed E-state index contributed by atoms with van der Waals surface area (Å²) >= 11 is 0. The van der Waals surface area contributed by atoms with Crippen molar-refractivity contribution in [3.8, 4) is 0 Å². The van der Waals surface area contributed by atoms with Gasteiger partial charge >= 0.3 is 0 Å². The summed E-state index contributed by atoms with van der Waals surface area (Å²) in [5.74, 6) is 3.50. The molecular weight excluding hydrogens is 180 g/mol. The summed E-state index contributed by atoms with van der Waals surface area (Å²) in [4.78, 5) is 0. The molecule has 0 aromatic carbocycles. The Hall–Kier alpha value is -0.260. The summed E-state index contributed by atoms with van der Waals surface area (Å²) in [6, 6.07) is 0. The Morgan fingerprint density at radius 3 is 2.20 bits per heavy atom. The Bertz CT molecular complexity index is 184. The van der Waals surface area contributed by atoms with E-state index in [-0.39, 0.29) is 0 Å². The monoisotopic (exact) mass is 208 g/mol. The van der Waals surface area contributed by atoms with Crippen LogP contribution < -0.4 is 0 Å². The molecule has 1 aliphatic rings. The normalized spacial score (nSPS) is 31.7. The van der Waals surface area contributed by atoms with Crippen LogP contribution in [0, 0.1) is 23.7 Å². The molecule has 1 rings (SSSR count). The predicted molar refractivity (Wildman–Crippen MR) is 68.9 cm³/mol. The van der Waals surface area contributed by atoms with Gasteiger partial charge in [-0.2, -0.15) is 0 Å². The minimum Gasteiger partial charge on any atom is -0.0854 e. The van der Waals surface area contributed by atoms with Crippen LogP contribution in [-0.2, 0) is 0 Å². The maximum absolute atomic E-state index is 2.47. The van der Waals surface area contributed by atoms with Crippen LogP contribution in [-0.4, -0.2) is 0 Å². The van der Waals surface area contributed by atoms with Crippen molar-refractivity contribution in [1.82, 2.24) is 0 Å². The SMILES string of the molecule is CCC(C)/C=C\[C@@H](C)C1CCC(C)CC1. The van der Waals surface area contributed by atoms with Gasteiger partial charge in [0.25, 0.3) is 0 Å². The fraction of sp³-hybridized carbons (Fsp3) is 0.867. The van der Waals surface area contributed by atoms with Crippen LogP contribution in [0.25, 0.3) is 0 Å². The minimum absolute atomic E-state index is 0.759. The average molecular weight is 208 g/mol. The quantitative estimate of drug-likeness (QED) is 0.567. The van der Waals surface area contributed by atoms with Crippen molar-refractivity contribution < 1.29 is 0 Å². The highest BCUT2D eigenvalue weighted by Crippen LogP contribution is 2.33. The Balaban J connectivity index is 2.33. The van der Waals surface area contributed by atoms with E-state index in [1.165, 1.54) is 32.1 Å². The topological polar surface area (TPSA) is 0 Å². The van der Waals surface area contributed by atoms with E-state index in [4.69, 9.17) is 0 Å². The number of rotatable bonds is 4. The van der Waals surface area contributed by atoms with Gasteiger partial charge in [-0.3, -0.25) is 0 Å². The number of allylic oxidation sites excluding steroid dienone is 2. The molecule has 0 N–H and O–H groups in total. The van der Waals surface area contributed by atoms with E-state index in [9.17, 15) is 0 Å². The lowest BCUT2D eigenvalue weighted by Crippen LogP contribution is -2.17. The molecule has 0 aromatic heterocycles. The van der Waals surface area contributed by atoms with E-state index in [1.54, 1.807) is 0 Å². The first-order valence-electron chi connectivity index (χ1n) is 6.81. The van der Waals surface area contributed by atoms with Crippen LogP contribution >= 0.6 is 0 Å². The molecule has 0 aliphatic heterocycles. The highest BCUT2D eigenvalue weighted by atomic mass is 14.3. The van der Waals surface area contributed by atoms with E-state index < -0.39 is 0 Å². The highest BCUT2D eigenvalue weighted by Gasteiger charge is 2.21. The molecule has 0 saturated heterocycles. The third-order valence-corrected chi connectivity index (χ3v) is 4.19. The summed E-state index contributed by atoms with van der Waals surface area (Å²) in [5, 5.41) is 0. The second-order valence-corrected chi connectivity index (χ2v) is 5.65. The van der Waals surface area contributed by atoms with Crippen molar-refractivity contribution in [3.05, 3.63) is 12.2 Å². The lowest BCUT2D eigenvalue weighted by Gasteiger charge is -2.29. The summed E-state index contributed by atoms with van der Waals surface area (Å²) in [5.41, 5.74) is 0. The van der Waals surface area contributed by atoms with Crippen molar-refractivity contribution in [1.29, 1.82) is 0 Å². The van der Waals surface area contributed by atoms with Crippen LogP contribution in [0.1, 0.15) is 59.8 Å². The lowest BCUT2D eigenvalue weighted by molar-refractivity contribution is 0.249. The van der Waals surface area contributed by atoms with Gasteiger partial charge < -0.3 is 0 Å². The molecule has 2 atom stereocenters. The fourth-order valence-electron chi connectivity index (χ4n) is 2.47. The molecule has 88 valence electrons. The van der Waals surface area contributed by atoms with Gasteiger partial charge in [-0.25, -0.2) is 0 Å². The molecule has 1 saturated carbocycles. The zero-order valence-electron chi connectivity index (χ0n) is 11.0. The van der Waals surface area contributed by atoms with Crippen molar-refractivity contribution in [2.45, 2.75) is 59.8 Å². The Morgan fingerprint density at radius 2 is 1.67 bits per heavy atom. The van der Waals surface area contributed by atoms with Crippen LogP contribution in [0.3, 0.4) is 0 Å². The maximum Gasteiger partial charge on any atom is -0.0233 e. The van der Waals surface area contributed by atoms with Crippen molar-refractivity contribution in [2.75, 3.05) is 0 Å². The smallest absolute Gasteiger partial charge is 0.0233 e. The van der Waals surface area contributed by atoms with E-state index in [1.807, 2.05) is 0 Å². The van der Waals surface area contributed by atoms with E-state index in [2.05, 4.69) is 39.8 Å². The first-order valence-corrected chi connectivity index (χ1v) is 6.81. The Labute approximate surface area is 96.2 Å². The first-order chi connectivity index (χ1) is 7.13. The summed E-state index contributed by atoms with van der Waals surface area (Å²) in [6.07, 6.45) is 12.0. The highest BCUT2D eigenvalue weighted by molar-refractivity contribution is 4.93. The third-order valence-electron chi connectivity index (χ3n) is 4.19. The molecule has 0 radical (unpaired) electrons. The van der Waals surface area contributed by atoms with Crippen LogP contribution in [0.5, 0.6) is 0 Å². The molecule has 1 fully saturated rings. The van der Waals surface area contributed by atoms with Crippen LogP contribution in [0.15, 0.2) is 12.2 Å². The predicted octanol–water partition coefficient (Wildman–Crippen LogP) is 5.05. The lowest BCUT2D eigenvalue weighted by atomic mass is 9.77. The van der Waals surface area contributed by atoms with Crippen molar-refractivity contribution >= 4 is 0 Å². The Morgan fingerprint density at radius 1 is 1.07 bits per heavy atom. The van der Waals surface area contributed by atoms with E-state index in [0.717, 1.165) is 23.7 Å². The van der Waals surface area contributed by atoms with Gasteiger partial charge in [0, 0.05) is 0 Å². The van der Waals surface area contributed by atoms with Crippen molar-refractivity contribution in [2.24, 2.45) is 23.7 Å². The molecule has 0 aromatic rings. The van der Waals surface area contributed by atoms with Gasteiger partial charge in [0.2, 0.25) is 0 Å². The van der Waals surface area contributed by atoms with E-state index >= 15 is 0 Å². The molecule has 1 unspecified atom stereocenters. The van der Waals surface area contributed by atoms with Gasteiger partial charge in [0.15, 0.2) is 0 Å². The van der Waals surface area contributed by atoms with Crippen LogP contribution in [0.2, 0.25) is 0 Å². The van der Waals surface area contributed by atoms with Gasteiger partial charge in [-0.1, -0.05) is 59.1 Å². The summed E-state index contributed by atoms with van der Waals surface area (Å²) < 4.78 is 0. The number of hydrogen-bond donors (Lipinski definition) is 0. The molecule has 1 aliphatic carbocycles. The zero-order valence-corrected chi connectivity index (χ0v) is 11.0. The zero-order chi connectivity index (χ0) is 11.3. The second-order valence-electron chi connectivity index (χ2n) is 5.65. The van der Waals surface area contributed by atoms with Crippen molar-refractivity contribution in [3.63, 3.8) is 0 Å². The summed E-state index contributed by atoms with van der Waals surface area (Å²) in [6.45, 7) is 9.38. The molecule has 0 amide bonds. The third kappa shape index (κ3) is 4.40. The molecule has 0 heterocycles. The fourth-order valence-corrected chi connectivity index (χ4v) is 2.47. The molecule has 15 heavy (non-hydrogen) atoms. The van der Waals surface area contributed by atoms with Gasteiger partial charge in [0.05, 0.1) is 0 Å². The molecule has 0 heteroatoms. The molecule has 0 nitrogen and oxygen atoms in total. The Kier molecular flexibility index (Phi) is 5.42. The van der Waals surface area contributed by atoms with Gasteiger partial charge in [0.1, 0.15) is 0 Å². The largest absolute Gasteiger partial charge is 0.0854 e. The second kappa shape index (κ2) is 6.35. The van der Waals surface area contributed by atoms with Gasteiger partial charge in [-0.15, -0.1) is 0 Å². The molecule has 0 bridgehead atoms. The molecular formula is C15H28. The molecule has 0 spiro atoms.